The zero-order valence-corrected chi connectivity index (χ0v) is 38.3. The minimum absolute atomic E-state index is 0.00855. The minimum Gasteiger partial charge on any atom is -0.368 e. The van der Waals surface area contributed by atoms with Crippen molar-refractivity contribution in [3.8, 4) is 0 Å². The van der Waals surface area contributed by atoms with Gasteiger partial charge in [-0.2, -0.15) is 0 Å². The van der Waals surface area contributed by atoms with Crippen LogP contribution in [0, 0.1) is 37.5 Å². The fourth-order valence-corrected chi connectivity index (χ4v) is 10.8. The topological polar surface area (TPSA) is 139 Å². The Balaban J connectivity index is 0.000000177. The van der Waals surface area contributed by atoms with Crippen LogP contribution < -0.4 is 4.90 Å². The second-order valence-corrected chi connectivity index (χ2v) is 19.1. The first-order chi connectivity index (χ1) is 31.3. The summed E-state index contributed by atoms with van der Waals surface area (Å²) in [6.45, 7) is 12.2. The number of rotatable bonds is 7. The van der Waals surface area contributed by atoms with Gasteiger partial charge in [-0.05, 0) is 124 Å². The molecule has 4 fully saturated rings. The third-order valence-corrected chi connectivity index (χ3v) is 15.0. The van der Waals surface area contributed by atoms with E-state index in [1.165, 1.54) is 15.5 Å². The molecule has 13 nitrogen and oxygen atoms in total. The summed E-state index contributed by atoms with van der Waals surface area (Å²) in [5, 5.41) is 0. The maximum Gasteiger partial charge on any atom is 0.260 e. The van der Waals surface area contributed by atoms with Crippen LogP contribution in [0.2, 0.25) is 0 Å². The first kappa shape index (κ1) is 45.7. The van der Waals surface area contributed by atoms with Crippen molar-refractivity contribution >= 4 is 47.0 Å². The number of aryl methyl sites for hydroxylation is 2. The molecule has 9 rings (SSSR count). The average Bonchev–Trinajstić information content (AvgIpc) is 3.33. The Hall–Kier alpha value is -5.85. The smallest absolute Gasteiger partial charge is 0.260 e. The highest BCUT2D eigenvalue weighted by Gasteiger charge is 2.38. The van der Waals surface area contributed by atoms with Crippen molar-refractivity contribution in [2.75, 3.05) is 70.3 Å². The maximum atomic E-state index is 13.1. The number of para-hydroxylation sites is 1. The van der Waals surface area contributed by atoms with Crippen molar-refractivity contribution in [3.63, 3.8) is 0 Å². The van der Waals surface area contributed by atoms with E-state index < -0.39 is 0 Å². The van der Waals surface area contributed by atoms with Gasteiger partial charge in [0.1, 0.15) is 0 Å². The molecule has 3 aromatic carbocycles. The number of carbonyl (C=O) groups excluding carboxylic acids is 7. The highest BCUT2D eigenvalue weighted by atomic mass is 16.2. The molecule has 2 saturated carbocycles. The molecule has 13 heteroatoms. The van der Waals surface area contributed by atoms with E-state index in [9.17, 15) is 33.6 Å². The van der Waals surface area contributed by atoms with Crippen molar-refractivity contribution in [3.05, 3.63) is 100 Å². The summed E-state index contributed by atoms with van der Waals surface area (Å²) in [6, 6.07) is 21.6. The lowest BCUT2D eigenvalue weighted by atomic mass is 9.80. The summed E-state index contributed by atoms with van der Waals surface area (Å²) in [4.78, 5) is 99.6. The Bertz CT molecular complexity index is 2280. The van der Waals surface area contributed by atoms with Crippen LogP contribution in [0.15, 0.2) is 66.7 Å². The van der Waals surface area contributed by atoms with E-state index in [4.69, 9.17) is 0 Å². The van der Waals surface area contributed by atoms with Gasteiger partial charge >= 0.3 is 0 Å². The van der Waals surface area contributed by atoms with Crippen LogP contribution in [0.3, 0.4) is 0 Å². The van der Waals surface area contributed by atoms with Crippen LogP contribution in [0.5, 0.6) is 0 Å². The number of anilines is 1. The molecule has 6 aliphatic rings. The minimum atomic E-state index is -0.180. The highest BCUT2D eigenvalue weighted by molar-refractivity contribution is 6.10. The van der Waals surface area contributed by atoms with E-state index in [2.05, 4.69) is 29.2 Å². The number of hydrogen-bond acceptors (Lipinski definition) is 8. The van der Waals surface area contributed by atoms with Gasteiger partial charge in [0, 0.05) is 101 Å². The van der Waals surface area contributed by atoms with Crippen LogP contribution >= 0.6 is 0 Å². The molecule has 65 heavy (non-hydrogen) atoms. The van der Waals surface area contributed by atoms with Gasteiger partial charge in [-0.1, -0.05) is 42.5 Å². The standard InChI is InChI=1S/C27H31N3O3.C25H33N3O4/c31-25-18-22-6-4-5-9-24(22)27(33)30(25)19-20-10-12-21(13-11-20)26(32)29-16-14-28(15-17-29)23-7-2-1-3-8-23;1-16-12-21-14-23(30)28(25(32)22(21)13-17(16)2)15-19-4-6-20(7-5-19)24(31)27-10-8-26(9-11-27)18(3)29/h1-9,20-21H,10-19H2;12-13,19-20H,4-11,14-15H2,1-3H3. The molecule has 0 unspecified atom stereocenters. The molecule has 344 valence electrons. The van der Waals surface area contributed by atoms with Gasteiger partial charge in [0.25, 0.3) is 11.8 Å². The SMILES string of the molecule is CC(=O)N1CCN(C(=O)C2CCC(CN3C(=O)Cc4cc(C)c(C)cc4C3=O)CC2)CC1.O=C(C1CCC(CN2C(=O)Cc3ccccc3C2=O)CC1)N1CCN(c2ccccc2)CC1. The fourth-order valence-electron chi connectivity index (χ4n) is 10.8. The van der Waals surface area contributed by atoms with Gasteiger partial charge in [-0.3, -0.25) is 43.4 Å². The van der Waals surface area contributed by atoms with Gasteiger partial charge in [-0.15, -0.1) is 0 Å². The van der Waals surface area contributed by atoms with Crippen molar-refractivity contribution in [2.24, 2.45) is 23.7 Å². The van der Waals surface area contributed by atoms with E-state index in [0.29, 0.717) is 56.8 Å². The summed E-state index contributed by atoms with van der Waals surface area (Å²) in [7, 11) is 0. The Labute approximate surface area is 383 Å². The van der Waals surface area contributed by atoms with E-state index in [-0.39, 0.29) is 71.4 Å². The lowest BCUT2D eigenvalue weighted by Gasteiger charge is -2.39. The second kappa shape index (κ2) is 20.1. The van der Waals surface area contributed by atoms with Crippen LogP contribution in [0.1, 0.15) is 101 Å². The molecular weight excluding hydrogens is 821 g/mol. The third kappa shape index (κ3) is 10.3. The molecule has 0 bridgehead atoms. The number of hydrogen-bond donors (Lipinski definition) is 0. The number of piperazine rings is 2. The largest absolute Gasteiger partial charge is 0.368 e. The normalized spacial score (nSPS) is 23.7. The zero-order valence-electron chi connectivity index (χ0n) is 38.3. The fraction of sp³-hybridized carbons (Fsp3) is 0.519. The zero-order chi connectivity index (χ0) is 45.8. The second-order valence-electron chi connectivity index (χ2n) is 19.1. The Morgan fingerprint density at radius 3 is 1.49 bits per heavy atom. The molecule has 0 N–H and O–H groups in total. The van der Waals surface area contributed by atoms with Gasteiger partial charge < -0.3 is 19.6 Å². The lowest BCUT2D eigenvalue weighted by molar-refractivity contribution is -0.142. The summed E-state index contributed by atoms with van der Waals surface area (Å²) >= 11 is 0. The molecule has 7 amide bonds. The van der Waals surface area contributed by atoms with Crippen LogP contribution in [0.4, 0.5) is 5.69 Å². The molecule has 2 saturated heterocycles. The van der Waals surface area contributed by atoms with Crippen LogP contribution in [-0.4, -0.2) is 131 Å². The molecule has 0 radical (unpaired) electrons. The first-order valence-electron chi connectivity index (χ1n) is 23.8. The van der Waals surface area contributed by atoms with E-state index >= 15 is 0 Å². The van der Waals surface area contributed by atoms with E-state index in [1.54, 1.807) is 11.8 Å². The van der Waals surface area contributed by atoms with Crippen molar-refractivity contribution in [1.82, 2.24) is 24.5 Å². The first-order valence-corrected chi connectivity index (χ1v) is 23.8. The summed E-state index contributed by atoms with van der Waals surface area (Å²) in [6.07, 6.45) is 7.32. The Morgan fingerprint density at radius 1 is 0.508 bits per heavy atom. The molecule has 4 aliphatic heterocycles. The quantitative estimate of drug-likeness (QED) is 0.276. The van der Waals surface area contributed by atoms with Crippen molar-refractivity contribution in [1.29, 1.82) is 0 Å². The summed E-state index contributed by atoms with van der Waals surface area (Å²) < 4.78 is 0. The molecule has 4 heterocycles. The van der Waals surface area contributed by atoms with Crippen LogP contribution in [-0.2, 0) is 36.8 Å². The number of amides is 7. The summed E-state index contributed by atoms with van der Waals surface area (Å²) in [5.74, 6) is 0.561. The van der Waals surface area contributed by atoms with E-state index in [0.717, 1.165) is 99.8 Å². The van der Waals surface area contributed by atoms with Gasteiger partial charge in [0.2, 0.25) is 29.5 Å². The highest BCUT2D eigenvalue weighted by Crippen LogP contribution is 2.34. The molecule has 0 spiro atoms. The van der Waals surface area contributed by atoms with Gasteiger partial charge in [0.15, 0.2) is 0 Å². The number of imide groups is 2. The molecule has 2 aliphatic carbocycles. The Morgan fingerprint density at radius 2 is 0.954 bits per heavy atom. The van der Waals surface area contributed by atoms with Crippen molar-refractivity contribution in [2.45, 2.75) is 85.0 Å². The maximum absolute atomic E-state index is 13.1. The number of carbonyl (C=O) groups is 7. The molecule has 0 atom stereocenters. The van der Waals surface area contributed by atoms with Crippen LogP contribution in [0.25, 0.3) is 0 Å². The summed E-state index contributed by atoms with van der Waals surface area (Å²) in [5.41, 5.74) is 6.34. The monoisotopic (exact) mass is 884 g/mol. The molecular formula is C52H64N6O7. The number of benzene rings is 3. The number of fused-ring (bicyclic) bond motifs is 2. The third-order valence-electron chi connectivity index (χ3n) is 15.0. The lowest BCUT2D eigenvalue weighted by Crippen LogP contribution is -2.52. The number of nitrogens with zero attached hydrogens (tertiary/aromatic N) is 6. The van der Waals surface area contributed by atoms with E-state index in [1.807, 2.05) is 66.1 Å². The van der Waals surface area contributed by atoms with Gasteiger partial charge in [0.05, 0.1) is 12.8 Å². The predicted molar refractivity (Wildman–Crippen MR) is 247 cm³/mol. The predicted octanol–water partition coefficient (Wildman–Crippen LogP) is 5.69. The molecule has 0 aromatic heterocycles. The Kier molecular flexibility index (Phi) is 14.2. The van der Waals surface area contributed by atoms with Gasteiger partial charge in [-0.25, -0.2) is 0 Å². The average molecular weight is 885 g/mol. The molecule has 3 aromatic rings. The van der Waals surface area contributed by atoms with Crippen molar-refractivity contribution < 1.29 is 33.6 Å².